The average Bonchev–Trinajstić information content (AvgIpc) is 2.51. The summed E-state index contributed by atoms with van der Waals surface area (Å²) < 4.78 is 11.2. The first-order valence-corrected chi connectivity index (χ1v) is 5.18. The molecule has 1 heterocycles. The molecule has 1 aliphatic heterocycles. The Morgan fingerprint density at radius 1 is 1.47 bits per heavy atom. The van der Waals surface area contributed by atoms with Gasteiger partial charge in [0.15, 0.2) is 5.79 Å². The number of aliphatic hydroxyl groups excluding tert-OH is 2. The molecule has 4 nitrogen and oxygen atoms in total. The molecule has 88 valence electrons. The summed E-state index contributed by atoms with van der Waals surface area (Å²) >= 11 is 0. The van der Waals surface area contributed by atoms with Crippen LogP contribution in [0.2, 0.25) is 0 Å². The minimum absolute atomic E-state index is 0.109. The first-order chi connectivity index (χ1) is 6.91. The number of rotatable bonds is 4. The maximum Gasteiger partial charge on any atom is 0.163 e. The Labute approximate surface area is 90.5 Å². The number of aliphatic hydroxyl groups is 2. The average molecular weight is 216 g/mol. The molecule has 0 bridgehead atoms. The molecule has 0 aromatic rings. The van der Waals surface area contributed by atoms with Crippen molar-refractivity contribution in [1.82, 2.24) is 0 Å². The summed E-state index contributed by atoms with van der Waals surface area (Å²) in [6.45, 7) is 8.86. The smallest absolute Gasteiger partial charge is 0.163 e. The van der Waals surface area contributed by atoms with E-state index in [4.69, 9.17) is 14.6 Å². The maximum absolute atomic E-state index is 9.64. The second-order valence-corrected chi connectivity index (χ2v) is 4.41. The topological polar surface area (TPSA) is 58.9 Å². The van der Waals surface area contributed by atoms with E-state index in [0.29, 0.717) is 0 Å². The van der Waals surface area contributed by atoms with Gasteiger partial charge in [0.25, 0.3) is 0 Å². The van der Waals surface area contributed by atoms with E-state index in [1.165, 1.54) is 6.08 Å². The Balaban J connectivity index is 2.72. The molecule has 1 saturated heterocycles. The van der Waals surface area contributed by atoms with E-state index in [9.17, 15) is 5.11 Å². The maximum atomic E-state index is 9.64. The van der Waals surface area contributed by atoms with E-state index in [1.54, 1.807) is 13.8 Å². The third-order valence-electron chi connectivity index (χ3n) is 2.70. The van der Waals surface area contributed by atoms with Gasteiger partial charge in [-0.2, -0.15) is 0 Å². The van der Waals surface area contributed by atoms with E-state index < -0.39 is 11.9 Å². The molecule has 2 N–H and O–H groups in total. The molecule has 4 atom stereocenters. The SMILES string of the molecule is C=C[C@H](O)[C@H](C)[C@H]1OC(C)(C)O[C@H]1CO. The van der Waals surface area contributed by atoms with Crippen molar-refractivity contribution < 1.29 is 19.7 Å². The minimum Gasteiger partial charge on any atom is -0.394 e. The lowest BCUT2D eigenvalue weighted by Gasteiger charge is -2.25. The van der Waals surface area contributed by atoms with Crippen LogP contribution in [-0.2, 0) is 9.47 Å². The molecule has 4 heteroatoms. The molecule has 0 radical (unpaired) electrons. The predicted molar refractivity (Wildman–Crippen MR) is 56.3 cm³/mol. The lowest BCUT2D eigenvalue weighted by molar-refractivity contribution is -0.154. The highest BCUT2D eigenvalue weighted by atomic mass is 16.8. The predicted octanol–water partition coefficient (Wildman–Crippen LogP) is 0.682. The van der Waals surface area contributed by atoms with Crippen LogP contribution in [0.3, 0.4) is 0 Å². The zero-order valence-corrected chi connectivity index (χ0v) is 9.51. The Morgan fingerprint density at radius 3 is 2.53 bits per heavy atom. The van der Waals surface area contributed by atoms with Gasteiger partial charge in [-0.05, 0) is 13.8 Å². The summed E-state index contributed by atoms with van der Waals surface area (Å²) in [4.78, 5) is 0. The van der Waals surface area contributed by atoms with Gasteiger partial charge < -0.3 is 19.7 Å². The van der Waals surface area contributed by atoms with Crippen LogP contribution >= 0.6 is 0 Å². The molecule has 0 unspecified atom stereocenters. The van der Waals surface area contributed by atoms with Crippen LogP contribution < -0.4 is 0 Å². The first kappa shape index (κ1) is 12.6. The second kappa shape index (κ2) is 4.61. The van der Waals surface area contributed by atoms with Crippen molar-refractivity contribution in [3.63, 3.8) is 0 Å². The molecule has 0 aliphatic carbocycles. The molecule has 0 aromatic carbocycles. The fourth-order valence-electron chi connectivity index (χ4n) is 1.86. The standard InChI is InChI=1S/C11H20O4/c1-5-8(13)7(2)10-9(6-12)14-11(3,4)15-10/h5,7-10,12-13H,1,6H2,2-4H3/t7-,8-,9-,10+/m0/s1. The highest BCUT2D eigenvalue weighted by molar-refractivity contribution is 4.92. The van der Waals surface area contributed by atoms with Gasteiger partial charge in [0.1, 0.15) is 6.10 Å². The summed E-state index contributed by atoms with van der Waals surface area (Å²) in [5, 5.41) is 18.8. The Morgan fingerprint density at radius 2 is 2.07 bits per heavy atom. The van der Waals surface area contributed by atoms with Crippen molar-refractivity contribution in [3.05, 3.63) is 12.7 Å². The van der Waals surface area contributed by atoms with Crippen LogP contribution in [-0.4, -0.2) is 40.9 Å². The summed E-state index contributed by atoms with van der Waals surface area (Å²) in [5.41, 5.74) is 0. The normalized spacial score (nSPS) is 33.7. The molecular weight excluding hydrogens is 196 g/mol. The highest BCUT2D eigenvalue weighted by Gasteiger charge is 2.44. The summed E-state index contributed by atoms with van der Waals surface area (Å²) in [7, 11) is 0. The van der Waals surface area contributed by atoms with E-state index in [1.807, 2.05) is 6.92 Å². The molecule has 1 fully saturated rings. The van der Waals surface area contributed by atoms with Gasteiger partial charge >= 0.3 is 0 Å². The molecule has 1 aliphatic rings. The van der Waals surface area contributed by atoms with Gasteiger partial charge in [-0.25, -0.2) is 0 Å². The highest BCUT2D eigenvalue weighted by Crippen LogP contribution is 2.33. The van der Waals surface area contributed by atoms with E-state index in [0.717, 1.165) is 0 Å². The van der Waals surface area contributed by atoms with Crippen molar-refractivity contribution in [2.45, 2.75) is 44.9 Å². The van der Waals surface area contributed by atoms with Gasteiger partial charge in [-0.15, -0.1) is 6.58 Å². The second-order valence-electron chi connectivity index (χ2n) is 4.41. The van der Waals surface area contributed by atoms with Crippen LogP contribution in [0.4, 0.5) is 0 Å². The minimum atomic E-state index is -0.701. The van der Waals surface area contributed by atoms with Crippen molar-refractivity contribution in [1.29, 1.82) is 0 Å². The number of hydrogen-bond acceptors (Lipinski definition) is 4. The van der Waals surface area contributed by atoms with Crippen LogP contribution in [0.5, 0.6) is 0 Å². The van der Waals surface area contributed by atoms with Crippen molar-refractivity contribution in [2.24, 2.45) is 5.92 Å². The van der Waals surface area contributed by atoms with Crippen LogP contribution in [0, 0.1) is 5.92 Å². The van der Waals surface area contributed by atoms with Crippen LogP contribution in [0.25, 0.3) is 0 Å². The third kappa shape index (κ3) is 2.78. The monoisotopic (exact) mass is 216 g/mol. The molecule has 1 rings (SSSR count). The van der Waals surface area contributed by atoms with Gasteiger partial charge in [-0.1, -0.05) is 13.0 Å². The Hall–Kier alpha value is -0.420. The molecule has 0 spiro atoms. The lowest BCUT2D eigenvalue weighted by atomic mass is 9.94. The van der Waals surface area contributed by atoms with E-state index in [2.05, 4.69) is 6.58 Å². The first-order valence-electron chi connectivity index (χ1n) is 5.18. The van der Waals surface area contributed by atoms with Gasteiger partial charge in [0.2, 0.25) is 0 Å². The largest absolute Gasteiger partial charge is 0.394 e. The molecule has 0 amide bonds. The number of hydrogen-bond donors (Lipinski definition) is 2. The van der Waals surface area contributed by atoms with Crippen molar-refractivity contribution >= 4 is 0 Å². The third-order valence-corrected chi connectivity index (χ3v) is 2.70. The van der Waals surface area contributed by atoms with E-state index >= 15 is 0 Å². The zero-order chi connectivity index (χ0) is 11.6. The van der Waals surface area contributed by atoms with Crippen LogP contribution in [0.1, 0.15) is 20.8 Å². The molecule has 0 saturated carbocycles. The lowest BCUT2D eigenvalue weighted by Crippen LogP contribution is -2.37. The summed E-state index contributed by atoms with van der Waals surface area (Å²) in [6, 6.07) is 0. The van der Waals surface area contributed by atoms with E-state index in [-0.39, 0.29) is 24.7 Å². The van der Waals surface area contributed by atoms with Crippen LogP contribution in [0.15, 0.2) is 12.7 Å². The van der Waals surface area contributed by atoms with Gasteiger partial charge in [-0.3, -0.25) is 0 Å². The molecular formula is C11H20O4. The fourth-order valence-corrected chi connectivity index (χ4v) is 1.86. The van der Waals surface area contributed by atoms with Crippen molar-refractivity contribution in [2.75, 3.05) is 6.61 Å². The Kier molecular flexibility index (Phi) is 3.89. The van der Waals surface area contributed by atoms with Gasteiger partial charge in [0, 0.05) is 5.92 Å². The summed E-state index contributed by atoms with van der Waals surface area (Å²) in [5.74, 6) is -0.853. The molecule has 0 aromatic heterocycles. The van der Waals surface area contributed by atoms with Crippen molar-refractivity contribution in [3.8, 4) is 0 Å². The number of ether oxygens (including phenoxy) is 2. The zero-order valence-electron chi connectivity index (χ0n) is 9.51. The fraction of sp³-hybridized carbons (Fsp3) is 0.818. The quantitative estimate of drug-likeness (QED) is 0.679. The molecule has 15 heavy (non-hydrogen) atoms. The van der Waals surface area contributed by atoms with Gasteiger partial charge in [0.05, 0.1) is 18.8 Å². The Bertz CT molecular complexity index is 227. The summed E-state index contributed by atoms with van der Waals surface area (Å²) in [6.07, 6.45) is 0.123.